The summed E-state index contributed by atoms with van der Waals surface area (Å²) in [4.78, 5) is 0. The van der Waals surface area contributed by atoms with Crippen LogP contribution in [0.5, 0.6) is 0 Å². The topological polar surface area (TPSA) is 77.4 Å². The first-order valence-corrected chi connectivity index (χ1v) is 13.5. The molecule has 2 fully saturated rings. The Morgan fingerprint density at radius 1 is 1.11 bits per heavy atom. The fourth-order valence-corrected chi connectivity index (χ4v) is 5.20. The van der Waals surface area contributed by atoms with E-state index in [1.54, 1.807) is 0 Å². The minimum atomic E-state index is -0.571. The minimum Gasteiger partial charge on any atom is -0.393 e. The molecule has 3 rings (SSSR count). The van der Waals surface area contributed by atoms with Crippen molar-refractivity contribution in [2.24, 2.45) is 11.3 Å². The molecule has 200 valence electrons. The zero-order valence-electron chi connectivity index (χ0n) is 22.4. The van der Waals surface area contributed by atoms with Gasteiger partial charge in [0, 0.05) is 5.41 Å². The van der Waals surface area contributed by atoms with Crippen LogP contribution in [-0.4, -0.2) is 59.7 Å². The lowest BCUT2D eigenvalue weighted by Crippen LogP contribution is -2.42. The monoisotopic (exact) mass is 492 g/mol. The quantitative estimate of drug-likeness (QED) is 0.392. The van der Waals surface area contributed by atoms with Crippen LogP contribution in [0, 0.1) is 11.3 Å². The molecule has 0 spiro atoms. The maximum absolute atomic E-state index is 10.7. The van der Waals surface area contributed by atoms with Gasteiger partial charge in [-0.05, 0) is 70.3 Å². The van der Waals surface area contributed by atoms with Gasteiger partial charge in [0.25, 0.3) is 0 Å². The number of aliphatic hydroxyl groups is 2. The summed E-state index contributed by atoms with van der Waals surface area (Å²) in [6.45, 7) is 12.1. The van der Waals surface area contributed by atoms with E-state index in [2.05, 4.69) is 26.0 Å². The van der Waals surface area contributed by atoms with Gasteiger partial charge in [-0.25, -0.2) is 0 Å². The van der Waals surface area contributed by atoms with E-state index in [-0.39, 0.29) is 29.6 Å². The van der Waals surface area contributed by atoms with E-state index in [1.807, 2.05) is 39.0 Å². The van der Waals surface area contributed by atoms with E-state index in [0.29, 0.717) is 32.7 Å². The minimum absolute atomic E-state index is 0.0194. The zero-order valence-corrected chi connectivity index (χ0v) is 22.4. The van der Waals surface area contributed by atoms with Gasteiger partial charge in [-0.3, -0.25) is 0 Å². The number of benzene rings is 1. The number of rotatable bonds is 13. The molecule has 1 aromatic rings. The van der Waals surface area contributed by atoms with Gasteiger partial charge >= 0.3 is 0 Å². The van der Waals surface area contributed by atoms with Gasteiger partial charge in [0.1, 0.15) is 0 Å². The molecule has 6 atom stereocenters. The molecule has 0 radical (unpaired) electrons. The van der Waals surface area contributed by atoms with Crippen molar-refractivity contribution < 1.29 is 29.2 Å². The molecule has 0 aromatic heterocycles. The number of aliphatic hydroxyl groups excluding tert-OH is 2. The van der Waals surface area contributed by atoms with Crippen molar-refractivity contribution in [3.05, 3.63) is 35.9 Å². The average molecular weight is 493 g/mol. The van der Waals surface area contributed by atoms with Crippen molar-refractivity contribution in [2.45, 2.75) is 122 Å². The highest BCUT2D eigenvalue weighted by atomic mass is 16.7. The second-order valence-corrected chi connectivity index (χ2v) is 11.8. The molecule has 35 heavy (non-hydrogen) atoms. The van der Waals surface area contributed by atoms with Gasteiger partial charge in [0.15, 0.2) is 5.79 Å². The highest BCUT2D eigenvalue weighted by Gasteiger charge is 2.36. The molecular weight excluding hydrogens is 444 g/mol. The Bertz CT molecular complexity index is 736. The van der Waals surface area contributed by atoms with Crippen LogP contribution >= 0.6 is 0 Å². The Kier molecular flexibility index (Phi) is 10.6. The number of hydrogen-bond acceptors (Lipinski definition) is 6. The SMILES string of the molecule is C[C@@H](CC[C@@H]1COC(C)(C)O1)[C@H](O)C[C@@H](O)C[C@@H]1CCC[C@H](C(C)(C)COCc2ccccc2)O1. The molecule has 0 amide bonds. The van der Waals surface area contributed by atoms with E-state index in [9.17, 15) is 10.2 Å². The molecule has 6 nitrogen and oxygen atoms in total. The van der Waals surface area contributed by atoms with Crippen LogP contribution in [0.1, 0.15) is 85.1 Å². The second kappa shape index (κ2) is 13.0. The van der Waals surface area contributed by atoms with Gasteiger partial charge in [-0.15, -0.1) is 0 Å². The molecule has 0 aliphatic carbocycles. The lowest BCUT2D eigenvalue weighted by atomic mass is 9.82. The third kappa shape index (κ3) is 9.42. The fraction of sp³-hybridized carbons (Fsp3) is 0.793. The lowest BCUT2D eigenvalue weighted by molar-refractivity contribution is -0.139. The molecular formula is C29H48O6. The van der Waals surface area contributed by atoms with E-state index < -0.39 is 18.0 Å². The zero-order chi connectivity index (χ0) is 25.5. The first-order chi connectivity index (χ1) is 16.5. The van der Waals surface area contributed by atoms with Crippen molar-refractivity contribution in [2.75, 3.05) is 13.2 Å². The predicted molar refractivity (Wildman–Crippen MR) is 137 cm³/mol. The maximum atomic E-state index is 10.7. The van der Waals surface area contributed by atoms with Crippen LogP contribution in [0.2, 0.25) is 0 Å². The van der Waals surface area contributed by atoms with Crippen molar-refractivity contribution in [1.82, 2.24) is 0 Å². The van der Waals surface area contributed by atoms with Crippen LogP contribution in [0.25, 0.3) is 0 Å². The van der Waals surface area contributed by atoms with Gasteiger partial charge in [0.05, 0.1) is 50.3 Å². The molecule has 0 bridgehead atoms. The second-order valence-electron chi connectivity index (χ2n) is 11.8. The van der Waals surface area contributed by atoms with E-state index in [0.717, 1.165) is 32.1 Å². The highest BCUT2D eigenvalue weighted by Crippen LogP contribution is 2.35. The van der Waals surface area contributed by atoms with Crippen molar-refractivity contribution in [1.29, 1.82) is 0 Å². The lowest BCUT2D eigenvalue weighted by Gasteiger charge is -2.40. The summed E-state index contributed by atoms with van der Waals surface area (Å²) in [6, 6.07) is 10.2. The summed E-state index contributed by atoms with van der Waals surface area (Å²) in [5, 5.41) is 21.4. The largest absolute Gasteiger partial charge is 0.393 e. The molecule has 2 aliphatic rings. The Hall–Kier alpha value is -1.02. The van der Waals surface area contributed by atoms with E-state index in [4.69, 9.17) is 18.9 Å². The molecule has 2 heterocycles. The first kappa shape index (κ1) is 28.5. The molecule has 2 saturated heterocycles. The standard InChI is InChI=1S/C29H48O6/c1-21(14-15-25-19-33-29(4,5)35-25)26(31)17-23(30)16-24-12-9-13-27(34-24)28(2,3)20-32-18-22-10-7-6-8-11-22/h6-8,10-11,21,23-27,30-31H,9,12-20H2,1-5H3/t21-,23-,24-,25+,26+,27+/m0/s1. The summed E-state index contributed by atoms with van der Waals surface area (Å²) < 4.78 is 24.0. The van der Waals surface area contributed by atoms with E-state index in [1.165, 1.54) is 5.56 Å². The molecule has 0 unspecified atom stereocenters. The van der Waals surface area contributed by atoms with Crippen LogP contribution in [0.4, 0.5) is 0 Å². The summed E-state index contributed by atoms with van der Waals surface area (Å²) in [7, 11) is 0. The van der Waals surface area contributed by atoms with Gasteiger partial charge in [0.2, 0.25) is 0 Å². The Balaban J connectivity index is 1.37. The first-order valence-electron chi connectivity index (χ1n) is 13.5. The molecule has 2 N–H and O–H groups in total. The molecule has 2 aliphatic heterocycles. The van der Waals surface area contributed by atoms with Crippen LogP contribution in [-0.2, 0) is 25.6 Å². The summed E-state index contributed by atoms with van der Waals surface area (Å²) in [5.41, 5.74) is 1.07. The summed E-state index contributed by atoms with van der Waals surface area (Å²) in [6.07, 6.45) is 4.78. The predicted octanol–water partition coefficient (Wildman–Crippen LogP) is 5.24. The number of hydrogen-bond donors (Lipinski definition) is 2. The van der Waals surface area contributed by atoms with Crippen molar-refractivity contribution in [3.63, 3.8) is 0 Å². The Labute approximate surface area is 212 Å². The van der Waals surface area contributed by atoms with E-state index >= 15 is 0 Å². The Morgan fingerprint density at radius 3 is 2.54 bits per heavy atom. The molecule has 6 heteroatoms. The van der Waals surface area contributed by atoms with Gasteiger partial charge < -0.3 is 29.2 Å². The Morgan fingerprint density at radius 2 is 1.86 bits per heavy atom. The third-order valence-electron chi connectivity index (χ3n) is 7.52. The van der Waals surface area contributed by atoms with Gasteiger partial charge in [-0.1, -0.05) is 51.1 Å². The molecule has 0 saturated carbocycles. The smallest absolute Gasteiger partial charge is 0.163 e. The number of ether oxygens (including phenoxy) is 4. The molecule has 1 aromatic carbocycles. The summed E-state index contributed by atoms with van der Waals surface area (Å²) in [5.74, 6) is -0.416. The highest BCUT2D eigenvalue weighted by molar-refractivity contribution is 5.13. The average Bonchev–Trinajstić information content (AvgIpc) is 3.16. The fourth-order valence-electron chi connectivity index (χ4n) is 5.20. The van der Waals surface area contributed by atoms with Crippen molar-refractivity contribution >= 4 is 0 Å². The maximum Gasteiger partial charge on any atom is 0.163 e. The van der Waals surface area contributed by atoms with Gasteiger partial charge in [-0.2, -0.15) is 0 Å². The normalized spacial score (nSPS) is 27.5. The summed E-state index contributed by atoms with van der Waals surface area (Å²) >= 11 is 0. The van der Waals surface area contributed by atoms with Crippen LogP contribution < -0.4 is 0 Å². The van der Waals surface area contributed by atoms with Crippen LogP contribution in [0.15, 0.2) is 30.3 Å². The third-order valence-corrected chi connectivity index (χ3v) is 7.52. The van der Waals surface area contributed by atoms with Crippen molar-refractivity contribution in [3.8, 4) is 0 Å². The van der Waals surface area contributed by atoms with Crippen LogP contribution in [0.3, 0.4) is 0 Å².